The Balaban J connectivity index is 1.80. The summed E-state index contributed by atoms with van der Waals surface area (Å²) in [6.45, 7) is 6.75. The largest absolute Gasteiger partial charge is 0.340 e. The number of Topliss-reactive ketones (excluding diaryl/α,β-unsaturated/α-hetero) is 1. The Morgan fingerprint density at radius 2 is 1.72 bits per heavy atom. The molecule has 2 rings (SSSR count). The summed E-state index contributed by atoms with van der Waals surface area (Å²) in [7, 11) is 0. The fraction of sp³-hybridized carbons (Fsp3) is 0.526. The molecule has 0 radical (unpaired) electrons. The molecule has 0 N–H and O–H groups in total. The molecule has 0 aromatic heterocycles. The van der Waals surface area contributed by atoms with Crippen LogP contribution in [0.3, 0.4) is 0 Å². The average Bonchev–Trinajstić information content (AvgIpc) is 2.61. The Morgan fingerprint density at radius 1 is 1.12 bits per heavy atom. The summed E-state index contributed by atoms with van der Waals surface area (Å²) in [5.74, 6) is 0.280. The second-order valence-electron chi connectivity index (χ2n) is 6.66. The number of carbonyl (C=O) groups excluding carboxylic acids is 2. The monoisotopic (exact) mass is 405 g/mol. The molecule has 0 aliphatic carbocycles. The SMILES string of the molecule is CC(C)C(C#N)N1CCN(C(=O)CCC(=O)c2ccc(Br)cc2)CC1. The van der Waals surface area contributed by atoms with Gasteiger partial charge in [0.2, 0.25) is 5.91 Å². The van der Waals surface area contributed by atoms with E-state index in [-0.39, 0.29) is 36.5 Å². The van der Waals surface area contributed by atoms with Gasteiger partial charge in [0.05, 0.1) is 6.07 Å². The van der Waals surface area contributed by atoms with Gasteiger partial charge in [0.15, 0.2) is 5.78 Å². The lowest BCUT2D eigenvalue weighted by Crippen LogP contribution is -2.52. The maximum absolute atomic E-state index is 12.4. The lowest BCUT2D eigenvalue weighted by atomic mass is 10.0. The minimum Gasteiger partial charge on any atom is -0.340 e. The molecule has 1 aromatic carbocycles. The van der Waals surface area contributed by atoms with Crippen molar-refractivity contribution in [2.24, 2.45) is 5.92 Å². The number of halogens is 1. The first-order valence-electron chi connectivity index (χ1n) is 8.62. The van der Waals surface area contributed by atoms with Crippen molar-refractivity contribution in [2.75, 3.05) is 26.2 Å². The third-order valence-corrected chi connectivity index (χ3v) is 5.08. The van der Waals surface area contributed by atoms with E-state index in [0.717, 1.165) is 4.47 Å². The lowest BCUT2D eigenvalue weighted by molar-refractivity contribution is -0.133. The Morgan fingerprint density at radius 3 is 2.24 bits per heavy atom. The summed E-state index contributed by atoms with van der Waals surface area (Å²) >= 11 is 3.34. The molecule has 25 heavy (non-hydrogen) atoms. The van der Waals surface area contributed by atoms with Crippen LogP contribution in [-0.4, -0.2) is 53.7 Å². The number of amides is 1. The highest BCUT2D eigenvalue weighted by atomic mass is 79.9. The fourth-order valence-electron chi connectivity index (χ4n) is 3.06. The van der Waals surface area contributed by atoms with Gasteiger partial charge in [-0.3, -0.25) is 14.5 Å². The van der Waals surface area contributed by atoms with E-state index < -0.39 is 0 Å². The molecule has 0 saturated carbocycles. The summed E-state index contributed by atoms with van der Waals surface area (Å²) < 4.78 is 0.926. The number of nitrogens with zero attached hydrogens (tertiary/aromatic N) is 3. The second-order valence-corrected chi connectivity index (χ2v) is 7.58. The van der Waals surface area contributed by atoms with Gasteiger partial charge in [0.25, 0.3) is 0 Å². The Bertz CT molecular complexity index is 644. The van der Waals surface area contributed by atoms with Gasteiger partial charge in [0, 0.05) is 49.1 Å². The Labute approximate surface area is 157 Å². The van der Waals surface area contributed by atoms with Crippen molar-refractivity contribution in [3.63, 3.8) is 0 Å². The van der Waals surface area contributed by atoms with Crippen LogP contribution < -0.4 is 0 Å². The first-order chi connectivity index (χ1) is 11.9. The van der Waals surface area contributed by atoms with Crippen molar-refractivity contribution in [2.45, 2.75) is 32.7 Å². The van der Waals surface area contributed by atoms with Crippen LogP contribution in [0.4, 0.5) is 0 Å². The third kappa shape index (κ3) is 5.38. The van der Waals surface area contributed by atoms with E-state index in [1.165, 1.54) is 0 Å². The van der Waals surface area contributed by atoms with Crippen molar-refractivity contribution >= 4 is 27.6 Å². The van der Waals surface area contributed by atoms with Gasteiger partial charge < -0.3 is 4.90 Å². The molecule has 1 unspecified atom stereocenters. The molecule has 0 spiro atoms. The minimum absolute atomic E-state index is 0.0103. The summed E-state index contributed by atoms with van der Waals surface area (Å²) in [5.41, 5.74) is 0.634. The molecule has 1 saturated heterocycles. The van der Waals surface area contributed by atoms with Crippen LogP contribution in [0.25, 0.3) is 0 Å². The summed E-state index contributed by atoms with van der Waals surface area (Å²) in [5, 5.41) is 9.28. The number of piperazine rings is 1. The Hall–Kier alpha value is -1.71. The number of ketones is 1. The molecule has 1 aliphatic rings. The number of rotatable bonds is 6. The number of hydrogen-bond donors (Lipinski definition) is 0. The molecule has 1 aromatic rings. The number of benzene rings is 1. The van der Waals surface area contributed by atoms with E-state index in [4.69, 9.17) is 0 Å². The van der Waals surface area contributed by atoms with Crippen LogP contribution in [0, 0.1) is 17.2 Å². The van der Waals surface area contributed by atoms with E-state index in [9.17, 15) is 14.9 Å². The molecule has 1 aliphatic heterocycles. The van der Waals surface area contributed by atoms with E-state index in [1.807, 2.05) is 26.0 Å². The van der Waals surface area contributed by atoms with Crippen LogP contribution in [0.15, 0.2) is 28.7 Å². The fourth-order valence-corrected chi connectivity index (χ4v) is 3.32. The van der Waals surface area contributed by atoms with Crippen LogP contribution in [0.5, 0.6) is 0 Å². The van der Waals surface area contributed by atoms with Crippen molar-refractivity contribution in [3.05, 3.63) is 34.3 Å². The highest BCUT2D eigenvalue weighted by Crippen LogP contribution is 2.15. The van der Waals surface area contributed by atoms with E-state index in [2.05, 4.69) is 26.9 Å². The van der Waals surface area contributed by atoms with Crippen molar-refractivity contribution < 1.29 is 9.59 Å². The van der Waals surface area contributed by atoms with Gasteiger partial charge >= 0.3 is 0 Å². The van der Waals surface area contributed by atoms with E-state index in [0.29, 0.717) is 31.7 Å². The predicted molar refractivity (Wildman–Crippen MR) is 100 cm³/mol. The normalized spacial score (nSPS) is 16.5. The lowest BCUT2D eigenvalue weighted by Gasteiger charge is -2.38. The van der Waals surface area contributed by atoms with Crippen molar-refractivity contribution in [1.82, 2.24) is 9.80 Å². The number of hydrogen-bond acceptors (Lipinski definition) is 4. The molecule has 0 bridgehead atoms. The quantitative estimate of drug-likeness (QED) is 0.681. The van der Waals surface area contributed by atoms with Crippen LogP contribution in [0.1, 0.15) is 37.0 Å². The standard InChI is InChI=1S/C19H24BrN3O2/c1-14(2)17(13-21)22-9-11-23(12-10-22)19(25)8-7-18(24)15-3-5-16(20)6-4-15/h3-6,14,17H,7-12H2,1-2H3. The molecule has 1 fully saturated rings. The zero-order valence-electron chi connectivity index (χ0n) is 14.7. The highest BCUT2D eigenvalue weighted by Gasteiger charge is 2.27. The average molecular weight is 406 g/mol. The minimum atomic E-state index is -0.101. The summed E-state index contributed by atoms with van der Waals surface area (Å²) in [6, 6.07) is 9.44. The first kappa shape index (κ1) is 19.6. The topological polar surface area (TPSA) is 64.4 Å². The zero-order valence-corrected chi connectivity index (χ0v) is 16.3. The smallest absolute Gasteiger partial charge is 0.223 e. The molecule has 1 heterocycles. The van der Waals surface area contributed by atoms with Crippen molar-refractivity contribution in [1.29, 1.82) is 5.26 Å². The molecule has 6 heteroatoms. The van der Waals surface area contributed by atoms with Gasteiger partial charge in [-0.05, 0) is 18.1 Å². The van der Waals surface area contributed by atoms with Gasteiger partial charge in [-0.25, -0.2) is 0 Å². The van der Waals surface area contributed by atoms with E-state index >= 15 is 0 Å². The van der Waals surface area contributed by atoms with E-state index in [1.54, 1.807) is 17.0 Å². The predicted octanol–water partition coefficient (Wildman–Crippen LogP) is 3.10. The third-order valence-electron chi connectivity index (χ3n) is 4.56. The van der Waals surface area contributed by atoms with Crippen LogP contribution >= 0.6 is 15.9 Å². The van der Waals surface area contributed by atoms with Gasteiger partial charge in [0.1, 0.15) is 6.04 Å². The Kier molecular flexibility index (Phi) is 7.15. The first-order valence-corrected chi connectivity index (χ1v) is 9.42. The molecule has 1 amide bonds. The van der Waals surface area contributed by atoms with Gasteiger partial charge in [-0.2, -0.15) is 5.26 Å². The van der Waals surface area contributed by atoms with Crippen LogP contribution in [0.2, 0.25) is 0 Å². The maximum atomic E-state index is 12.4. The van der Waals surface area contributed by atoms with Crippen molar-refractivity contribution in [3.8, 4) is 6.07 Å². The summed E-state index contributed by atoms with van der Waals surface area (Å²) in [6.07, 6.45) is 0.467. The number of nitriles is 1. The van der Waals surface area contributed by atoms with Gasteiger partial charge in [-0.1, -0.05) is 41.9 Å². The second kappa shape index (κ2) is 9.12. The zero-order chi connectivity index (χ0) is 18.4. The van der Waals surface area contributed by atoms with Gasteiger partial charge in [-0.15, -0.1) is 0 Å². The molecule has 1 atom stereocenters. The molecular formula is C19H24BrN3O2. The molecular weight excluding hydrogens is 382 g/mol. The molecule has 134 valence electrons. The maximum Gasteiger partial charge on any atom is 0.223 e. The molecule has 5 nitrogen and oxygen atoms in total. The number of carbonyl (C=O) groups is 2. The summed E-state index contributed by atoms with van der Waals surface area (Å²) in [4.78, 5) is 28.5. The van der Waals surface area contributed by atoms with Crippen LogP contribution in [-0.2, 0) is 4.79 Å². The highest BCUT2D eigenvalue weighted by molar-refractivity contribution is 9.10.